The van der Waals surface area contributed by atoms with E-state index in [1.54, 1.807) is 0 Å². The molecule has 3 unspecified atom stereocenters. The van der Waals surface area contributed by atoms with Gasteiger partial charge in [-0.2, -0.15) is 0 Å². The molecule has 0 fully saturated rings. The van der Waals surface area contributed by atoms with Crippen molar-refractivity contribution in [2.24, 2.45) is 0 Å². The Hall–Kier alpha value is -1.66. The molecule has 0 aliphatic carbocycles. The van der Waals surface area contributed by atoms with Crippen molar-refractivity contribution in [1.82, 2.24) is 5.32 Å². The van der Waals surface area contributed by atoms with Gasteiger partial charge in [0.1, 0.15) is 6.10 Å². The molecule has 0 saturated carbocycles. The minimum Gasteiger partial charge on any atom is -0.462 e. The summed E-state index contributed by atoms with van der Waals surface area (Å²) in [5.74, 6) is -0.480. The van der Waals surface area contributed by atoms with Crippen molar-refractivity contribution >= 4 is 11.9 Å². The lowest BCUT2D eigenvalue weighted by atomic mass is 10.0. The summed E-state index contributed by atoms with van der Waals surface area (Å²) in [5, 5.41) is 23.8. The van der Waals surface area contributed by atoms with Gasteiger partial charge in [-0.15, -0.1) is 0 Å². The number of hydrogen-bond acceptors (Lipinski definition) is 5. The summed E-state index contributed by atoms with van der Waals surface area (Å²) < 4.78 is 5.96. The van der Waals surface area contributed by atoms with Gasteiger partial charge in [0.05, 0.1) is 25.2 Å². The number of aliphatic hydroxyl groups is 2. The van der Waals surface area contributed by atoms with Gasteiger partial charge in [0, 0.05) is 6.42 Å². The van der Waals surface area contributed by atoms with E-state index < -0.39 is 18.2 Å². The predicted molar refractivity (Wildman–Crippen MR) is 287 cm³/mol. The first-order chi connectivity index (χ1) is 32.5. The van der Waals surface area contributed by atoms with E-state index in [4.69, 9.17) is 4.74 Å². The smallest absolute Gasteiger partial charge is 0.306 e. The number of ether oxygens (including phenoxy) is 1. The lowest BCUT2D eigenvalue weighted by Crippen LogP contribution is -2.46. The molecule has 0 radical (unpaired) electrons. The first-order valence-electron chi connectivity index (χ1n) is 29.6. The van der Waals surface area contributed by atoms with Crippen LogP contribution in [0.15, 0.2) is 24.3 Å². The Kier molecular flexibility index (Phi) is 52.9. The predicted octanol–water partition coefficient (Wildman–Crippen LogP) is 18.2. The number of carbonyl (C=O) groups is 2. The molecular formula is C60H115NO5. The minimum absolute atomic E-state index is 0.0657. The molecular weight excluding hydrogens is 815 g/mol. The molecule has 3 atom stereocenters. The fraction of sp³-hybridized carbons (Fsp3) is 0.900. The quantitative estimate of drug-likeness (QED) is 0.0321. The number of nitrogens with one attached hydrogen (secondary N) is 1. The average molecular weight is 931 g/mol. The minimum atomic E-state index is -0.791. The molecule has 0 aliphatic rings. The topological polar surface area (TPSA) is 95.9 Å². The van der Waals surface area contributed by atoms with Gasteiger partial charge in [0.2, 0.25) is 5.91 Å². The molecule has 0 aromatic rings. The Morgan fingerprint density at radius 1 is 0.439 bits per heavy atom. The number of allylic oxidation sites excluding steroid dienone is 4. The largest absolute Gasteiger partial charge is 0.462 e. The molecule has 0 saturated heterocycles. The Morgan fingerprint density at radius 3 is 1.14 bits per heavy atom. The fourth-order valence-electron chi connectivity index (χ4n) is 9.31. The Labute approximate surface area is 411 Å². The first-order valence-corrected chi connectivity index (χ1v) is 29.6. The number of hydrogen-bond donors (Lipinski definition) is 3. The molecule has 1 amide bonds. The van der Waals surface area contributed by atoms with Crippen molar-refractivity contribution in [2.75, 3.05) is 6.61 Å². The van der Waals surface area contributed by atoms with E-state index in [9.17, 15) is 19.8 Å². The lowest BCUT2D eigenvalue weighted by Gasteiger charge is -2.24. The Morgan fingerprint density at radius 2 is 0.758 bits per heavy atom. The van der Waals surface area contributed by atoms with Gasteiger partial charge in [-0.1, -0.05) is 283 Å². The molecule has 0 heterocycles. The van der Waals surface area contributed by atoms with E-state index in [0.29, 0.717) is 19.3 Å². The van der Waals surface area contributed by atoms with Crippen LogP contribution in [-0.4, -0.2) is 46.9 Å². The molecule has 0 aromatic heterocycles. The highest BCUT2D eigenvalue weighted by molar-refractivity contribution is 5.77. The third-order valence-corrected chi connectivity index (χ3v) is 13.8. The van der Waals surface area contributed by atoms with Gasteiger partial charge < -0.3 is 20.3 Å². The zero-order valence-electron chi connectivity index (χ0n) is 44.6. The Bertz CT molecular complexity index is 1040. The van der Waals surface area contributed by atoms with E-state index in [0.717, 1.165) is 70.6 Å². The maximum absolute atomic E-state index is 13.3. The van der Waals surface area contributed by atoms with E-state index in [2.05, 4.69) is 50.4 Å². The maximum Gasteiger partial charge on any atom is 0.306 e. The SMILES string of the molecule is CCCCCCCCC/C=C/C=C/CCCCCC(CC(=O)NC(CO)C(O)CCCCCCCCCCCCCC)OC(=O)CCCCCCCCCCCCCCCCCCCCC. The molecule has 390 valence electrons. The molecule has 0 bridgehead atoms. The monoisotopic (exact) mass is 930 g/mol. The van der Waals surface area contributed by atoms with E-state index >= 15 is 0 Å². The zero-order chi connectivity index (χ0) is 48.1. The second kappa shape index (κ2) is 54.3. The fourth-order valence-corrected chi connectivity index (χ4v) is 9.31. The molecule has 6 nitrogen and oxygen atoms in total. The molecule has 0 rings (SSSR count). The number of unbranched alkanes of at least 4 members (excludes halogenated alkanes) is 39. The third kappa shape index (κ3) is 48.8. The number of esters is 1. The van der Waals surface area contributed by atoms with Crippen molar-refractivity contribution in [3.8, 4) is 0 Å². The van der Waals surface area contributed by atoms with Gasteiger partial charge in [-0.05, 0) is 51.4 Å². The first kappa shape index (κ1) is 64.3. The number of carbonyl (C=O) groups excluding carboxylic acids is 2. The molecule has 0 spiro atoms. The summed E-state index contributed by atoms with van der Waals surface area (Å²) >= 11 is 0. The van der Waals surface area contributed by atoms with Crippen LogP contribution in [0, 0.1) is 0 Å². The lowest BCUT2D eigenvalue weighted by molar-refractivity contribution is -0.151. The number of aliphatic hydroxyl groups excluding tert-OH is 2. The zero-order valence-corrected chi connectivity index (χ0v) is 44.6. The van der Waals surface area contributed by atoms with Gasteiger partial charge in [0.25, 0.3) is 0 Å². The number of amides is 1. The van der Waals surface area contributed by atoms with Crippen LogP contribution in [0.25, 0.3) is 0 Å². The van der Waals surface area contributed by atoms with Crippen molar-refractivity contribution in [2.45, 2.75) is 341 Å². The third-order valence-electron chi connectivity index (χ3n) is 13.8. The molecule has 0 aliphatic heterocycles. The van der Waals surface area contributed by atoms with Gasteiger partial charge in [0.15, 0.2) is 0 Å². The van der Waals surface area contributed by atoms with Crippen molar-refractivity contribution in [1.29, 1.82) is 0 Å². The molecule has 66 heavy (non-hydrogen) atoms. The summed E-state index contributed by atoms with van der Waals surface area (Å²) in [6.07, 6.45) is 63.9. The maximum atomic E-state index is 13.3. The highest BCUT2D eigenvalue weighted by Crippen LogP contribution is 2.19. The highest BCUT2D eigenvalue weighted by Gasteiger charge is 2.24. The van der Waals surface area contributed by atoms with Gasteiger partial charge >= 0.3 is 5.97 Å². The van der Waals surface area contributed by atoms with Crippen LogP contribution < -0.4 is 5.32 Å². The summed E-state index contributed by atoms with van der Waals surface area (Å²) in [6, 6.07) is -0.706. The highest BCUT2D eigenvalue weighted by atomic mass is 16.5. The van der Waals surface area contributed by atoms with Crippen LogP contribution in [0.5, 0.6) is 0 Å². The van der Waals surface area contributed by atoms with E-state index in [1.807, 2.05) is 0 Å². The molecule has 3 N–H and O–H groups in total. The van der Waals surface area contributed by atoms with Crippen molar-refractivity contribution in [3.05, 3.63) is 24.3 Å². The standard InChI is InChI=1S/C60H115NO5/c1-4-7-10-13-16-19-22-25-27-29-30-31-33-35-38-41-44-47-50-53-60(65)66-56(51-48-45-42-39-36-34-32-28-26-23-20-17-14-11-8-5-2)54-59(64)61-57(55-62)58(63)52-49-46-43-40-37-24-21-18-15-12-9-6-3/h28,32,34,36,56-58,62-63H,4-27,29-31,33,35,37-55H2,1-3H3,(H,61,64)/b32-28+,36-34+. The molecule has 6 heteroatoms. The van der Waals surface area contributed by atoms with Crippen LogP contribution in [0.1, 0.15) is 323 Å². The van der Waals surface area contributed by atoms with Crippen LogP contribution >= 0.6 is 0 Å². The van der Waals surface area contributed by atoms with Gasteiger partial charge in [-0.25, -0.2) is 0 Å². The summed E-state index contributed by atoms with van der Waals surface area (Å²) in [6.45, 7) is 6.51. The van der Waals surface area contributed by atoms with Crippen molar-refractivity contribution in [3.63, 3.8) is 0 Å². The van der Waals surface area contributed by atoms with Crippen molar-refractivity contribution < 1.29 is 24.5 Å². The normalized spacial score (nSPS) is 13.2. The molecule has 0 aromatic carbocycles. The van der Waals surface area contributed by atoms with Gasteiger partial charge in [-0.3, -0.25) is 9.59 Å². The Balaban J connectivity index is 4.53. The van der Waals surface area contributed by atoms with Crippen LogP contribution in [0.4, 0.5) is 0 Å². The second-order valence-electron chi connectivity index (χ2n) is 20.4. The second-order valence-corrected chi connectivity index (χ2v) is 20.4. The average Bonchev–Trinajstić information content (AvgIpc) is 3.31. The summed E-state index contributed by atoms with van der Waals surface area (Å²) in [5.41, 5.74) is 0. The van der Waals surface area contributed by atoms with E-state index in [1.165, 1.54) is 205 Å². The summed E-state index contributed by atoms with van der Waals surface area (Å²) in [7, 11) is 0. The van der Waals surface area contributed by atoms with Crippen LogP contribution in [0.3, 0.4) is 0 Å². The van der Waals surface area contributed by atoms with Crippen LogP contribution in [-0.2, 0) is 14.3 Å². The summed E-state index contributed by atoms with van der Waals surface area (Å²) in [4.78, 5) is 26.3. The van der Waals surface area contributed by atoms with E-state index in [-0.39, 0.29) is 24.9 Å². The van der Waals surface area contributed by atoms with Crippen LogP contribution in [0.2, 0.25) is 0 Å². The number of rotatable bonds is 54.